The van der Waals surface area contributed by atoms with E-state index in [1.165, 1.54) is 6.20 Å². The minimum absolute atomic E-state index is 0.126. The van der Waals surface area contributed by atoms with Crippen LogP contribution >= 0.6 is 0 Å². The van der Waals surface area contributed by atoms with Crippen LogP contribution in [0, 0.1) is 6.92 Å². The Bertz CT molecular complexity index is 381. The molecule has 1 rings (SSSR count). The standard InChI is InChI=1S/C7H8N2O3/c1-3-2-9-7(12)5(10)4(3)6(8)11/h2,10H,1H3,(H2,8,11)(H,9,12). The Morgan fingerprint density at radius 3 is 2.67 bits per heavy atom. The van der Waals surface area contributed by atoms with Crippen LogP contribution in [-0.2, 0) is 0 Å². The maximum atomic E-state index is 10.8. The van der Waals surface area contributed by atoms with E-state index in [0.717, 1.165) is 0 Å². The number of carbonyl (C=O) groups is 1. The maximum Gasteiger partial charge on any atom is 0.290 e. The highest BCUT2D eigenvalue weighted by atomic mass is 16.3. The normalized spacial score (nSPS) is 9.75. The van der Waals surface area contributed by atoms with Crippen molar-refractivity contribution < 1.29 is 9.90 Å². The topological polar surface area (TPSA) is 96.2 Å². The quantitative estimate of drug-likeness (QED) is 0.526. The van der Waals surface area contributed by atoms with Crippen molar-refractivity contribution in [2.24, 2.45) is 5.73 Å². The molecule has 0 unspecified atom stereocenters. The first kappa shape index (κ1) is 8.32. The first-order valence-corrected chi connectivity index (χ1v) is 3.25. The third-order valence-electron chi connectivity index (χ3n) is 1.51. The number of aromatic nitrogens is 1. The average molecular weight is 168 g/mol. The fraction of sp³-hybridized carbons (Fsp3) is 0.143. The van der Waals surface area contributed by atoms with Gasteiger partial charge in [0, 0.05) is 6.20 Å². The van der Waals surface area contributed by atoms with Gasteiger partial charge >= 0.3 is 0 Å². The number of H-pyrrole nitrogens is 1. The van der Waals surface area contributed by atoms with Gasteiger partial charge < -0.3 is 15.8 Å². The van der Waals surface area contributed by atoms with Crippen molar-refractivity contribution in [3.8, 4) is 5.75 Å². The Hall–Kier alpha value is -1.78. The second-order valence-corrected chi connectivity index (χ2v) is 2.39. The van der Waals surface area contributed by atoms with Gasteiger partial charge in [-0.25, -0.2) is 0 Å². The molecule has 0 aliphatic rings. The molecule has 0 atom stereocenters. The molecule has 1 heterocycles. The molecule has 0 fully saturated rings. The van der Waals surface area contributed by atoms with Crippen LogP contribution in [0.2, 0.25) is 0 Å². The summed E-state index contributed by atoms with van der Waals surface area (Å²) in [6.07, 6.45) is 1.32. The van der Waals surface area contributed by atoms with Gasteiger partial charge in [0.2, 0.25) is 0 Å². The molecule has 0 radical (unpaired) electrons. The molecule has 0 bridgehead atoms. The van der Waals surface area contributed by atoms with Crippen LogP contribution in [0.3, 0.4) is 0 Å². The fourth-order valence-corrected chi connectivity index (χ4v) is 0.926. The summed E-state index contributed by atoms with van der Waals surface area (Å²) in [7, 11) is 0. The van der Waals surface area contributed by atoms with Crippen molar-refractivity contribution >= 4 is 5.91 Å². The summed E-state index contributed by atoms with van der Waals surface area (Å²) >= 11 is 0. The molecule has 4 N–H and O–H groups in total. The number of aromatic amines is 1. The van der Waals surface area contributed by atoms with E-state index in [9.17, 15) is 9.59 Å². The monoisotopic (exact) mass is 168 g/mol. The Kier molecular flexibility index (Phi) is 1.86. The number of pyridine rings is 1. The summed E-state index contributed by atoms with van der Waals surface area (Å²) in [5, 5.41) is 9.10. The smallest absolute Gasteiger partial charge is 0.290 e. The second kappa shape index (κ2) is 2.69. The largest absolute Gasteiger partial charge is 0.502 e. The Labute approximate surface area is 67.8 Å². The molecule has 12 heavy (non-hydrogen) atoms. The highest BCUT2D eigenvalue weighted by molar-refractivity contribution is 5.96. The van der Waals surface area contributed by atoms with E-state index in [2.05, 4.69) is 4.98 Å². The predicted octanol–water partition coefficient (Wildman–Crippen LogP) is -0.512. The molecule has 0 aliphatic heterocycles. The van der Waals surface area contributed by atoms with Crippen molar-refractivity contribution in [3.63, 3.8) is 0 Å². The molecule has 0 spiro atoms. The average Bonchev–Trinajstić information content (AvgIpc) is 1.97. The number of hydrogen-bond acceptors (Lipinski definition) is 3. The summed E-state index contributed by atoms with van der Waals surface area (Å²) in [4.78, 5) is 23.7. The van der Waals surface area contributed by atoms with E-state index >= 15 is 0 Å². The van der Waals surface area contributed by atoms with Gasteiger partial charge in [-0.1, -0.05) is 0 Å². The molecule has 1 aromatic rings. The number of amides is 1. The fourth-order valence-electron chi connectivity index (χ4n) is 0.926. The van der Waals surface area contributed by atoms with Gasteiger partial charge in [-0.05, 0) is 12.5 Å². The molecule has 1 amide bonds. The van der Waals surface area contributed by atoms with Gasteiger partial charge in [0.15, 0.2) is 5.75 Å². The SMILES string of the molecule is Cc1c[nH]c(=O)c(O)c1C(N)=O. The summed E-state index contributed by atoms with van der Waals surface area (Å²) in [6, 6.07) is 0. The molecule has 0 saturated carbocycles. The molecule has 1 aromatic heterocycles. The van der Waals surface area contributed by atoms with E-state index in [-0.39, 0.29) is 5.56 Å². The van der Waals surface area contributed by atoms with Crippen LogP contribution in [0.25, 0.3) is 0 Å². The van der Waals surface area contributed by atoms with Crippen LogP contribution in [0.1, 0.15) is 15.9 Å². The van der Waals surface area contributed by atoms with Gasteiger partial charge in [0.25, 0.3) is 11.5 Å². The zero-order valence-corrected chi connectivity index (χ0v) is 6.42. The summed E-state index contributed by atoms with van der Waals surface area (Å²) < 4.78 is 0. The zero-order chi connectivity index (χ0) is 9.30. The van der Waals surface area contributed by atoms with E-state index in [1.54, 1.807) is 6.92 Å². The van der Waals surface area contributed by atoms with Crippen LogP contribution in [0.15, 0.2) is 11.0 Å². The number of hydrogen-bond donors (Lipinski definition) is 3. The number of aryl methyl sites for hydroxylation is 1. The summed E-state index contributed by atoms with van der Waals surface area (Å²) in [5.41, 5.74) is 4.54. The lowest BCUT2D eigenvalue weighted by Gasteiger charge is -2.01. The number of carbonyl (C=O) groups excluding carboxylic acids is 1. The molecule has 0 aliphatic carbocycles. The molecule has 5 nitrogen and oxygen atoms in total. The third kappa shape index (κ3) is 1.16. The van der Waals surface area contributed by atoms with Gasteiger partial charge in [0.1, 0.15) is 0 Å². The van der Waals surface area contributed by atoms with E-state index < -0.39 is 17.2 Å². The van der Waals surface area contributed by atoms with E-state index in [4.69, 9.17) is 10.8 Å². The lowest BCUT2D eigenvalue weighted by molar-refractivity contribution is 0.0997. The van der Waals surface area contributed by atoms with E-state index in [1.807, 2.05) is 0 Å². The highest BCUT2D eigenvalue weighted by Crippen LogP contribution is 2.13. The molecule has 64 valence electrons. The van der Waals surface area contributed by atoms with Gasteiger partial charge in [-0.3, -0.25) is 9.59 Å². The Morgan fingerprint density at radius 2 is 2.25 bits per heavy atom. The molecular formula is C7H8N2O3. The van der Waals surface area contributed by atoms with Crippen LogP contribution in [0.4, 0.5) is 0 Å². The van der Waals surface area contributed by atoms with Gasteiger partial charge in [0.05, 0.1) is 5.56 Å². The van der Waals surface area contributed by atoms with Crippen molar-refractivity contribution in [2.75, 3.05) is 0 Å². The second-order valence-electron chi connectivity index (χ2n) is 2.39. The number of rotatable bonds is 1. The number of nitrogens with one attached hydrogen (secondary N) is 1. The molecule has 0 aromatic carbocycles. The maximum absolute atomic E-state index is 10.8. The Balaban J connectivity index is 3.54. The van der Waals surface area contributed by atoms with Crippen molar-refractivity contribution in [2.45, 2.75) is 6.92 Å². The first-order chi connectivity index (χ1) is 5.54. The van der Waals surface area contributed by atoms with E-state index in [0.29, 0.717) is 5.56 Å². The van der Waals surface area contributed by atoms with Crippen LogP contribution < -0.4 is 11.3 Å². The number of nitrogens with two attached hydrogens (primary N) is 1. The van der Waals surface area contributed by atoms with Crippen molar-refractivity contribution in [1.82, 2.24) is 4.98 Å². The van der Waals surface area contributed by atoms with Crippen molar-refractivity contribution in [3.05, 3.63) is 27.7 Å². The number of primary amides is 1. The Morgan fingerprint density at radius 1 is 1.67 bits per heavy atom. The predicted molar refractivity (Wildman–Crippen MR) is 42.0 cm³/mol. The molecule has 0 saturated heterocycles. The summed E-state index contributed by atoms with van der Waals surface area (Å²) in [6.45, 7) is 1.57. The molecular weight excluding hydrogens is 160 g/mol. The minimum atomic E-state index is -0.809. The zero-order valence-electron chi connectivity index (χ0n) is 6.42. The summed E-state index contributed by atoms with van der Waals surface area (Å²) in [5.74, 6) is -1.43. The number of aromatic hydroxyl groups is 1. The first-order valence-electron chi connectivity index (χ1n) is 3.25. The minimum Gasteiger partial charge on any atom is -0.502 e. The van der Waals surface area contributed by atoms with Gasteiger partial charge in [-0.15, -0.1) is 0 Å². The van der Waals surface area contributed by atoms with Crippen LogP contribution in [-0.4, -0.2) is 16.0 Å². The lowest BCUT2D eigenvalue weighted by atomic mass is 10.1. The third-order valence-corrected chi connectivity index (χ3v) is 1.51. The van der Waals surface area contributed by atoms with Crippen molar-refractivity contribution in [1.29, 1.82) is 0 Å². The highest BCUT2D eigenvalue weighted by Gasteiger charge is 2.13. The lowest BCUT2D eigenvalue weighted by Crippen LogP contribution is -2.18. The van der Waals surface area contributed by atoms with Crippen LogP contribution in [0.5, 0.6) is 5.75 Å². The van der Waals surface area contributed by atoms with Gasteiger partial charge in [-0.2, -0.15) is 0 Å². The molecule has 5 heteroatoms.